The Labute approximate surface area is 157 Å². The highest BCUT2D eigenvalue weighted by atomic mass is 16.5. The van der Waals surface area contributed by atoms with E-state index in [0.717, 1.165) is 16.8 Å². The van der Waals surface area contributed by atoms with Gasteiger partial charge in [0.2, 0.25) is 0 Å². The van der Waals surface area contributed by atoms with E-state index in [9.17, 15) is 9.59 Å². The molecule has 3 aromatic rings. The molecule has 6 nitrogen and oxygen atoms in total. The van der Waals surface area contributed by atoms with Crippen molar-refractivity contribution >= 4 is 12.0 Å². The summed E-state index contributed by atoms with van der Waals surface area (Å²) in [6.45, 7) is 2.66. The lowest BCUT2D eigenvalue weighted by molar-refractivity contribution is 0.112. The molecule has 0 fully saturated rings. The third-order valence-electron chi connectivity index (χ3n) is 4.39. The zero-order valence-electron chi connectivity index (χ0n) is 15.3. The van der Waals surface area contributed by atoms with Gasteiger partial charge in [0.25, 0.3) is 5.56 Å². The van der Waals surface area contributed by atoms with Gasteiger partial charge in [-0.05, 0) is 30.7 Å². The number of anilines is 1. The van der Waals surface area contributed by atoms with Gasteiger partial charge in [0.15, 0.2) is 6.29 Å². The number of aldehydes is 1. The summed E-state index contributed by atoms with van der Waals surface area (Å²) in [7, 11) is 1.59. The van der Waals surface area contributed by atoms with Crippen molar-refractivity contribution < 1.29 is 9.53 Å². The first kappa shape index (κ1) is 18.4. The molecule has 3 rings (SSSR count). The summed E-state index contributed by atoms with van der Waals surface area (Å²) in [4.78, 5) is 28.6. The van der Waals surface area contributed by atoms with Gasteiger partial charge < -0.3 is 14.6 Å². The summed E-state index contributed by atoms with van der Waals surface area (Å²) in [5, 5.41) is 3.17. The normalized spacial score (nSPS) is 10.4. The van der Waals surface area contributed by atoms with E-state index in [4.69, 9.17) is 4.74 Å². The average Bonchev–Trinajstić information content (AvgIpc) is 2.70. The Bertz CT molecular complexity index is 997. The van der Waals surface area contributed by atoms with E-state index >= 15 is 0 Å². The summed E-state index contributed by atoms with van der Waals surface area (Å²) < 4.78 is 6.94. The second-order valence-corrected chi connectivity index (χ2v) is 6.15. The number of pyridine rings is 2. The molecule has 27 heavy (non-hydrogen) atoms. The van der Waals surface area contributed by atoms with Gasteiger partial charge in [0.1, 0.15) is 11.3 Å². The fraction of sp³-hybridized carbons (Fsp3) is 0.190. The van der Waals surface area contributed by atoms with E-state index in [2.05, 4.69) is 10.3 Å². The van der Waals surface area contributed by atoms with Crippen LogP contribution in [0.15, 0.2) is 59.7 Å². The van der Waals surface area contributed by atoms with E-state index in [0.29, 0.717) is 30.8 Å². The van der Waals surface area contributed by atoms with Crippen LogP contribution in [0.5, 0.6) is 5.75 Å². The minimum atomic E-state index is -0.329. The Morgan fingerprint density at radius 3 is 2.74 bits per heavy atom. The van der Waals surface area contributed by atoms with Crippen LogP contribution >= 0.6 is 0 Å². The van der Waals surface area contributed by atoms with Crippen molar-refractivity contribution in [2.45, 2.75) is 20.0 Å². The van der Waals surface area contributed by atoms with Crippen LogP contribution in [-0.2, 0) is 13.1 Å². The number of carbonyl (C=O) groups is 1. The molecule has 0 aliphatic heterocycles. The maximum atomic E-state index is 12.9. The number of ether oxygens (including phenoxy) is 1. The van der Waals surface area contributed by atoms with Gasteiger partial charge in [0, 0.05) is 30.2 Å². The summed E-state index contributed by atoms with van der Waals surface area (Å²) >= 11 is 0. The van der Waals surface area contributed by atoms with Crippen LogP contribution in [0.4, 0.5) is 5.69 Å². The van der Waals surface area contributed by atoms with Gasteiger partial charge >= 0.3 is 0 Å². The molecule has 0 saturated carbocycles. The lowest BCUT2D eigenvalue weighted by atomic mass is 10.1. The Morgan fingerprint density at radius 2 is 2.04 bits per heavy atom. The van der Waals surface area contributed by atoms with Crippen LogP contribution in [0.2, 0.25) is 0 Å². The number of nitrogens with zero attached hydrogens (tertiary/aromatic N) is 2. The first-order valence-electron chi connectivity index (χ1n) is 8.58. The smallest absolute Gasteiger partial charge is 0.263 e. The third kappa shape index (κ3) is 4.06. The molecule has 1 N–H and O–H groups in total. The van der Waals surface area contributed by atoms with Crippen LogP contribution < -0.4 is 15.6 Å². The molecule has 2 heterocycles. The minimum absolute atomic E-state index is 0.111. The Morgan fingerprint density at radius 1 is 1.22 bits per heavy atom. The van der Waals surface area contributed by atoms with Gasteiger partial charge in [-0.25, -0.2) is 0 Å². The molecule has 1 aromatic carbocycles. The fourth-order valence-electron chi connectivity index (χ4n) is 2.95. The molecular formula is C21H21N3O3. The molecular weight excluding hydrogens is 342 g/mol. The van der Waals surface area contributed by atoms with E-state index in [1.165, 1.54) is 0 Å². The highest BCUT2D eigenvalue weighted by Gasteiger charge is 2.14. The lowest BCUT2D eigenvalue weighted by Crippen LogP contribution is -2.27. The Hall–Kier alpha value is -3.41. The molecule has 0 spiro atoms. The predicted molar refractivity (Wildman–Crippen MR) is 104 cm³/mol. The molecule has 0 unspecified atom stereocenters. The molecule has 0 amide bonds. The van der Waals surface area contributed by atoms with Gasteiger partial charge in [-0.1, -0.05) is 24.3 Å². The zero-order valence-corrected chi connectivity index (χ0v) is 15.3. The van der Waals surface area contributed by atoms with Crippen molar-refractivity contribution in [1.29, 1.82) is 0 Å². The van der Waals surface area contributed by atoms with E-state index < -0.39 is 0 Å². The third-order valence-corrected chi connectivity index (χ3v) is 4.39. The van der Waals surface area contributed by atoms with E-state index in [1.54, 1.807) is 24.1 Å². The molecule has 0 bridgehead atoms. The second kappa shape index (κ2) is 8.31. The van der Waals surface area contributed by atoms with Crippen molar-refractivity contribution in [1.82, 2.24) is 9.55 Å². The Kier molecular flexibility index (Phi) is 5.66. The maximum absolute atomic E-state index is 12.9. The number of aromatic nitrogens is 2. The van der Waals surface area contributed by atoms with Crippen LogP contribution in [0.25, 0.3) is 0 Å². The molecule has 0 aliphatic rings. The average molecular weight is 363 g/mol. The van der Waals surface area contributed by atoms with Crippen molar-refractivity contribution in [2.24, 2.45) is 0 Å². The topological polar surface area (TPSA) is 73.2 Å². The quantitative estimate of drug-likeness (QED) is 0.653. The largest absolute Gasteiger partial charge is 0.496 e. The van der Waals surface area contributed by atoms with Crippen LogP contribution in [0.1, 0.15) is 27.2 Å². The fourth-order valence-corrected chi connectivity index (χ4v) is 2.95. The molecule has 138 valence electrons. The summed E-state index contributed by atoms with van der Waals surface area (Å²) in [6, 6.07) is 13.1. The molecule has 0 saturated heterocycles. The number of aryl methyl sites for hydroxylation is 1. The number of benzene rings is 1. The molecule has 2 aromatic heterocycles. The number of carbonyl (C=O) groups excluding carboxylic acids is 1. The standard InChI is InChI=1S/C21H21N3O3/c1-15-10-19(23-12-16-6-5-9-22-11-16)18(14-25)21(26)24(15)13-17-7-3-4-8-20(17)27-2/h3-11,14,23H,12-13H2,1-2H3. The lowest BCUT2D eigenvalue weighted by Gasteiger charge is -2.16. The number of nitrogens with one attached hydrogen (secondary N) is 1. The monoisotopic (exact) mass is 363 g/mol. The number of hydrogen-bond donors (Lipinski definition) is 1. The number of rotatable bonds is 7. The number of para-hydroxylation sites is 1. The summed E-state index contributed by atoms with van der Waals surface area (Å²) in [6.07, 6.45) is 4.04. The highest BCUT2D eigenvalue weighted by molar-refractivity contribution is 5.83. The molecule has 0 radical (unpaired) electrons. The van der Waals surface area contributed by atoms with Crippen molar-refractivity contribution in [2.75, 3.05) is 12.4 Å². The van der Waals surface area contributed by atoms with Crippen LogP contribution in [0.3, 0.4) is 0 Å². The minimum Gasteiger partial charge on any atom is -0.496 e. The van der Waals surface area contributed by atoms with Crippen molar-refractivity contribution in [3.8, 4) is 5.75 Å². The SMILES string of the molecule is COc1ccccc1Cn1c(C)cc(NCc2cccnc2)c(C=O)c1=O. The first-order chi connectivity index (χ1) is 13.1. The van der Waals surface area contributed by atoms with Gasteiger partial charge in [0.05, 0.1) is 19.3 Å². The molecule has 0 atom stereocenters. The van der Waals surface area contributed by atoms with Crippen LogP contribution in [-0.4, -0.2) is 22.9 Å². The zero-order chi connectivity index (χ0) is 19.2. The maximum Gasteiger partial charge on any atom is 0.263 e. The van der Waals surface area contributed by atoms with E-state index in [1.807, 2.05) is 49.4 Å². The second-order valence-electron chi connectivity index (χ2n) is 6.15. The van der Waals surface area contributed by atoms with Gasteiger partial charge in [-0.15, -0.1) is 0 Å². The van der Waals surface area contributed by atoms with Gasteiger partial charge in [-0.3, -0.25) is 14.6 Å². The van der Waals surface area contributed by atoms with Crippen molar-refractivity contribution in [3.05, 3.63) is 87.6 Å². The van der Waals surface area contributed by atoms with Gasteiger partial charge in [-0.2, -0.15) is 0 Å². The van der Waals surface area contributed by atoms with Crippen molar-refractivity contribution in [3.63, 3.8) is 0 Å². The first-order valence-corrected chi connectivity index (χ1v) is 8.58. The Balaban J connectivity index is 1.93. The summed E-state index contributed by atoms with van der Waals surface area (Å²) in [5.74, 6) is 0.704. The summed E-state index contributed by atoms with van der Waals surface area (Å²) in [5.41, 5.74) is 2.89. The number of methoxy groups -OCH3 is 1. The highest BCUT2D eigenvalue weighted by Crippen LogP contribution is 2.20. The van der Waals surface area contributed by atoms with Crippen LogP contribution in [0, 0.1) is 6.92 Å². The molecule has 6 heteroatoms. The van der Waals surface area contributed by atoms with E-state index in [-0.39, 0.29) is 11.1 Å². The predicted octanol–water partition coefficient (Wildman–Crippen LogP) is 3.03. The molecule has 0 aliphatic carbocycles. The number of hydrogen-bond acceptors (Lipinski definition) is 5.